The second-order valence-corrected chi connectivity index (χ2v) is 4.33. The number of halogens is 2. The predicted octanol–water partition coefficient (Wildman–Crippen LogP) is 2.91. The van der Waals surface area contributed by atoms with Gasteiger partial charge in [-0.3, -0.25) is 9.59 Å². The van der Waals surface area contributed by atoms with Gasteiger partial charge >= 0.3 is 5.97 Å². The van der Waals surface area contributed by atoms with Crippen molar-refractivity contribution in [3.63, 3.8) is 0 Å². The summed E-state index contributed by atoms with van der Waals surface area (Å²) >= 11 is 9.00. The molecule has 86 valence electrons. The van der Waals surface area contributed by atoms with Crippen molar-refractivity contribution in [2.75, 3.05) is 5.32 Å². The highest BCUT2D eigenvalue weighted by Gasteiger charge is 2.06. The molecule has 0 bridgehead atoms. The Kier molecular flexibility index (Phi) is 4.76. The van der Waals surface area contributed by atoms with Gasteiger partial charge in [-0.2, -0.15) is 0 Å². The quantitative estimate of drug-likeness (QED) is 0.899. The largest absolute Gasteiger partial charge is 0.481 e. The van der Waals surface area contributed by atoms with Crippen LogP contribution in [-0.2, 0) is 9.59 Å². The van der Waals surface area contributed by atoms with E-state index >= 15 is 0 Å². The van der Waals surface area contributed by atoms with Crippen LogP contribution in [-0.4, -0.2) is 17.0 Å². The van der Waals surface area contributed by atoms with Gasteiger partial charge in [-0.15, -0.1) is 0 Å². The van der Waals surface area contributed by atoms with Crippen molar-refractivity contribution in [3.8, 4) is 0 Å². The summed E-state index contributed by atoms with van der Waals surface area (Å²) in [6.45, 7) is 0. The Morgan fingerprint density at radius 3 is 2.62 bits per heavy atom. The summed E-state index contributed by atoms with van der Waals surface area (Å²) in [6, 6.07) is 4.94. The number of carboxylic acids is 1. The molecule has 0 atom stereocenters. The summed E-state index contributed by atoms with van der Waals surface area (Å²) in [5, 5.41) is 11.5. The zero-order valence-corrected chi connectivity index (χ0v) is 10.5. The molecule has 0 saturated carbocycles. The van der Waals surface area contributed by atoms with Gasteiger partial charge in [-0.1, -0.05) is 11.6 Å². The molecule has 0 radical (unpaired) electrons. The maximum Gasteiger partial charge on any atom is 0.303 e. The van der Waals surface area contributed by atoms with E-state index in [4.69, 9.17) is 16.7 Å². The SMILES string of the molecule is O=C(O)CCC(=O)Nc1ccc(Cl)c(Br)c1. The molecule has 2 N–H and O–H groups in total. The topological polar surface area (TPSA) is 66.4 Å². The van der Waals surface area contributed by atoms with Crippen LogP contribution < -0.4 is 5.32 Å². The Morgan fingerprint density at radius 1 is 1.38 bits per heavy atom. The highest BCUT2D eigenvalue weighted by molar-refractivity contribution is 9.10. The number of hydrogen-bond donors (Lipinski definition) is 2. The van der Waals surface area contributed by atoms with E-state index in [-0.39, 0.29) is 18.7 Å². The predicted molar refractivity (Wildman–Crippen MR) is 64.7 cm³/mol. The first kappa shape index (κ1) is 13.0. The van der Waals surface area contributed by atoms with E-state index in [0.717, 1.165) is 0 Å². The Morgan fingerprint density at radius 2 is 2.06 bits per heavy atom. The van der Waals surface area contributed by atoms with Crippen molar-refractivity contribution < 1.29 is 14.7 Å². The van der Waals surface area contributed by atoms with Crippen LogP contribution in [0.4, 0.5) is 5.69 Å². The zero-order chi connectivity index (χ0) is 12.1. The molecule has 0 aromatic heterocycles. The molecule has 0 aliphatic heterocycles. The lowest BCUT2D eigenvalue weighted by atomic mass is 10.2. The van der Waals surface area contributed by atoms with Crippen LogP contribution in [0.25, 0.3) is 0 Å². The van der Waals surface area contributed by atoms with Gasteiger partial charge in [0.05, 0.1) is 11.4 Å². The standard InChI is InChI=1S/C10H9BrClNO3/c11-7-5-6(1-2-8(7)12)13-9(14)3-4-10(15)16/h1-2,5H,3-4H2,(H,13,14)(H,15,16). The fraction of sp³-hybridized carbons (Fsp3) is 0.200. The Balaban J connectivity index is 2.56. The van der Waals surface area contributed by atoms with E-state index in [0.29, 0.717) is 15.2 Å². The molecule has 6 heteroatoms. The first-order valence-electron chi connectivity index (χ1n) is 4.45. The Bertz CT molecular complexity index is 423. The van der Waals surface area contributed by atoms with Crippen LogP contribution >= 0.6 is 27.5 Å². The molecule has 0 unspecified atom stereocenters. The second kappa shape index (κ2) is 5.86. The van der Waals surface area contributed by atoms with Gasteiger partial charge in [-0.25, -0.2) is 0 Å². The lowest BCUT2D eigenvalue weighted by molar-refractivity contribution is -0.138. The van der Waals surface area contributed by atoms with Crippen molar-refractivity contribution >= 4 is 45.1 Å². The molecule has 0 spiro atoms. The molecule has 1 rings (SSSR count). The van der Waals surface area contributed by atoms with Crippen molar-refractivity contribution in [2.24, 2.45) is 0 Å². The molecule has 0 heterocycles. The van der Waals surface area contributed by atoms with Crippen LogP contribution in [0.1, 0.15) is 12.8 Å². The number of carbonyl (C=O) groups is 2. The first-order chi connectivity index (χ1) is 7.49. The van der Waals surface area contributed by atoms with Gasteiger partial charge < -0.3 is 10.4 Å². The number of amides is 1. The summed E-state index contributed by atoms with van der Waals surface area (Å²) < 4.78 is 0.671. The van der Waals surface area contributed by atoms with Crippen LogP contribution in [0.2, 0.25) is 5.02 Å². The van der Waals surface area contributed by atoms with Crippen molar-refractivity contribution in [2.45, 2.75) is 12.8 Å². The second-order valence-electron chi connectivity index (χ2n) is 3.07. The van der Waals surface area contributed by atoms with Crippen LogP contribution in [0.15, 0.2) is 22.7 Å². The molecule has 4 nitrogen and oxygen atoms in total. The van der Waals surface area contributed by atoms with Crippen molar-refractivity contribution in [3.05, 3.63) is 27.7 Å². The Hall–Kier alpha value is -1.07. The molecular formula is C10H9BrClNO3. The average molecular weight is 307 g/mol. The summed E-state index contributed by atoms with van der Waals surface area (Å²) in [6.07, 6.45) is -0.226. The number of rotatable bonds is 4. The van der Waals surface area contributed by atoms with Crippen molar-refractivity contribution in [1.29, 1.82) is 0 Å². The van der Waals surface area contributed by atoms with E-state index in [1.54, 1.807) is 18.2 Å². The number of carboxylic acid groups (broad SMARTS) is 1. The van der Waals surface area contributed by atoms with Gasteiger partial charge in [-0.05, 0) is 34.1 Å². The minimum Gasteiger partial charge on any atom is -0.481 e. The molecule has 1 amide bonds. The van der Waals surface area contributed by atoms with Gasteiger partial charge in [0.2, 0.25) is 5.91 Å². The van der Waals surface area contributed by atoms with E-state index in [1.807, 2.05) is 0 Å². The number of anilines is 1. The van der Waals surface area contributed by atoms with E-state index in [2.05, 4.69) is 21.2 Å². The molecule has 1 aromatic rings. The number of benzene rings is 1. The summed E-state index contributed by atoms with van der Waals surface area (Å²) in [7, 11) is 0. The van der Waals surface area contributed by atoms with Gasteiger partial charge in [0.15, 0.2) is 0 Å². The molecule has 0 aliphatic carbocycles. The third-order valence-corrected chi connectivity index (χ3v) is 2.98. The van der Waals surface area contributed by atoms with E-state index < -0.39 is 5.97 Å². The van der Waals surface area contributed by atoms with Gasteiger partial charge in [0, 0.05) is 16.6 Å². The molecule has 0 aliphatic rings. The van der Waals surface area contributed by atoms with Crippen molar-refractivity contribution in [1.82, 2.24) is 0 Å². The average Bonchev–Trinajstić information content (AvgIpc) is 2.21. The minimum atomic E-state index is -0.993. The normalized spacial score (nSPS) is 9.88. The molecule has 1 aromatic carbocycles. The molecule has 0 saturated heterocycles. The summed E-state index contributed by atoms with van der Waals surface area (Å²) in [5.74, 6) is -1.33. The maximum atomic E-state index is 11.3. The monoisotopic (exact) mass is 305 g/mol. The lowest BCUT2D eigenvalue weighted by Gasteiger charge is -2.05. The Labute approximate surface area is 106 Å². The summed E-state index contributed by atoms with van der Waals surface area (Å²) in [5.41, 5.74) is 0.576. The smallest absolute Gasteiger partial charge is 0.303 e. The summed E-state index contributed by atoms with van der Waals surface area (Å²) in [4.78, 5) is 21.5. The number of hydrogen-bond acceptors (Lipinski definition) is 2. The zero-order valence-electron chi connectivity index (χ0n) is 8.17. The highest BCUT2D eigenvalue weighted by atomic mass is 79.9. The molecule has 16 heavy (non-hydrogen) atoms. The fourth-order valence-corrected chi connectivity index (χ4v) is 1.51. The van der Waals surface area contributed by atoms with E-state index in [9.17, 15) is 9.59 Å². The third kappa shape index (κ3) is 4.20. The van der Waals surface area contributed by atoms with Crippen LogP contribution in [0.5, 0.6) is 0 Å². The number of aliphatic carboxylic acids is 1. The van der Waals surface area contributed by atoms with Gasteiger partial charge in [0.1, 0.15) is 0 Å². The lowest BCUT2D eigenvalue weighted by Crippen LogP contribution is -2.13. The van der Waals surface area contributed by atoms with Crippen LogP contribution in [0, 0.1) is 0 Å². The molecule has 0 fully saturated rings. The van der Waals surface area contributed by atoms with Gasteiger partial charge in [0.25, 0.3) is 0 Å². The fourth-order valence-electron chi connectivity index (χ4n) is 1.02. The first-order valence-corrected chi connectivity index (χ1v) is 5.63. The molecular weight excluding hydrogens is 297 g/mol. The minimum absolute atomic E-state index is 0.0461. The van der Waals surface area contributed by atoms with Crippen LogP contribution in [0.3, 0.4) is 0 Å². The third-order valence-electron chi connectivity index (χ3n) is 1.77. The highest BCUT2D eigenvalue weighted by Crippen LogP contribution is 2.25. The number of carbonyl (C=O) groups excluding carboxylic acids is 1. The maximum absolute atomic E-state index is 11.3. The van der Waals surface area contributed by atoms with E-state index in [1.165, 1.54) is 0 Å². The number of nitrogens with one attached hydrogen (secondary N) is 1.